The van der Waals surface area contributed by atoms with Gasteiger partial charge in [-0.1, -0.05) is 373 Å². The van der Waals surface area contributed by atoms with Gasteiger partial charge in [-0.25, -0.2) is 0 Å². The fourth-order valence-electron chi connectivity index (χ4n) is 8.42. The van der Waals surface area contributed by atoms with Crippen molar-refractivity contribution >= 4 is 8.07 Å². The highest BCUT2D eigenvalue weighted by Gasteiger charge is 2.46. The van der Waals surface area contributed by atoms with Crippen LogP contribution in [0, 0.1) is 86.0 Å². The van der Waals surface area contributed by atoms with Crippen LogP contribution in [0.2, 0.25) is 24.7 Å². The standard InChI is InChI=1S/C12H15F3.C12H18.2C11H16.C10H14.2C8H10.C7H18Si.C7H8/c1-9-4-6-10(7-5-9)8-11(2,3)12(13,14)15;1-10-5-7-11(8-6-10)9-12(2,3)4;1-9-5-7-10(8-6-9)11(2,3)4;1-9(2)8-11-6-4-10(3)5-7-11;1-8(2)10-6-4-9(3)5-7-10;1-7-3-5-8(2)6-4-7;1-7-5-3-4-6-8(7)2;1-5-8(4,6-2)7-3;1-7-5-3-2-4-6-7/h4-7H,8H2,1-3H3;5-8H,9H2,1-4H3;5-8H,1-4H3;4-7,9H,8H2,1-3H3;4-8H,1-3H3;2*3-6H,1-2H3;5-7H2,1-4H3;2-6H,1H3. The average molecular weight is 1240 g/mol. The molecule has 0 aliphatic carbocycles. The Morgan fingerprint density at radius 3 is 0.867 bits per heavy atom. The summed E-state index contributed by atoms with van der Waals surface area (Å²) in [5.74, 6) is 1.42. The Morgan fingerprint density at radius 1 is 0.344 bits per heavy atom. The van der Waals surface area contributed by atoms with E-state index in [0.717, 1.165) is 23.5 Å². The fourth-order valence-corrected chi connectivity index (χ4v) is 9.92. The van der Waals surface area contributed by atoms with E-state index in [1.54, 1.807) is 12.1 Å². The molecule has 0 bridgehead atoms. The first-order valence-corrected chi connectivity index (χ1v) is 36.3. The van der Waals surface area contributed by atoms with Crippen LogP contribution in [0.3, 0.4) is 0 Å². The van der Waals surface area contributed by atoms with Crippen molar-refractivity contribution in [2.45, 2.75) is 235 Å². The van der Waals surface area contributed by atoms with E-state index in [-0.39, 0.29) is 11.8 Å². The molecule has 4 heteroatoms. The lowest BCUT2D eigenvalue weighted by Crippen LogP contribution is -2.34. The SMILES string of the molecule is CC[Si](C)(CC)CC.Cc1ccc(C(C)(C)C)cc1.Cc1ccc(C(C)C)cc1.Cc1ccc(C)cc1.Cc1ccc(CC(C)(C)C(F)(F)F)cc1.Cc1ccc(CC(C)(C)C)cc1.Cc1ccc(CC(C)C)cc1.Cc1ccccc1.Cc1ccccc1C. The Kier molecular flexibility index (Phi) is 39.8. The monoisotopic (exact) mass is 1240 g/mol. The summed E-state index contributed by atoms with van der Waals surface area (Å²) >= 11 is 0. The van der Waals surface area contributed by atoms with Gasteiger partial charge in [0.2, 0.25) is 0 Å². The number of hydrogen-bond donors (Lipinski definition) is 0. The van der Waals surface area contributed by atoms with Crippen LogP contribution in [-0.4, -0.2) is 14.3 Å². The zero-order valence-corrected chi connectivity index (χ0v) is 62.6. The Balaban J connectivity index is 0.000000999. The minimum absolute atomic E-state index is 0.0246. The smallest absolute Gasteiger partial charge is 0.171 e. The molecule has 8 aromatic rings. The van der Waals surface area contributed by atoms with Crippen molar-refractivity contribution in [2.24, 2.45) is 16.7 Å². The highest BCUT2D eigenvalue weighted by molar-refractivity contribution is 6.78. The molecular weight excluding hydrogens is 1120 g/mol. The third-order valence-electron chi connectivity index (χ3n) is 16.0. The molecule has 8 aromatic carbocycles. The summed E-state index contributed by atoms with van der Waals surface area (Å²) < 4.78 is 37.8. The Hall–Kier alpha value is -6.23. The number of hydrogen-bond acceptors (Lipinski definition) is 0. The van der Waals surface area contributed by atoms with Crippen LogP contribution < -0.4 is 0 Å². The molecule has 0 aliphatic rings. The highest BCUT2D eigenvalue weighted by atomic mass is 28.3. The molecule has 0 saturated carbocycles. The quantitative estimate of drug-likeness (QED) is 0.126. The lowest BCUT2D eigenvalue weighted by Gasteiger charge is -2.27. The van der Waals surface area contributed by atoms with Gasteiger partial charge in [-0.3, -0.25) is 0 Å². The number of benzene rings is 8. The summed E-state index contributed by atoms with van der Waals surface area (Å²) in [6.07, 6.45) is -1.78. The Bertz CT molecular complexity index is 2980. The fraction of sp³-hybridized carbons (Fsp3) is 0.442. The molecule has 0 saturated heterocycles. The molecule has 8 rings (SSSR count). The van der Waals surface area contributed by atoms with Gasteiger partial charge in [0, 0.05) is 8.07 Å². The Morgan fingerprint density at radius 2 is 0.622 bits per heavy atom. The van der Waals surface area contributed by atoms with Crippen molar-refractivity contribution in [1.82, 2.24) is 0 Å². The number of aryl methyl sites for hydroxylation is 10. The van der Waals surface area contributed by atoms with Crippen molar-refractivity contribution in [3.63, 3.8) is 0 Å². The number of alkyl halides is 3. The largest absolute Gasteiger partial charge is 0.394 e. The molecule has 90 heavy (non-hydrogen) atoms. The summed E-state index contributed by atoms with van der Waals surface area (Å²) in [5.41, 5.74) is 18.6. The van der Waals surface area contributed by atoms with E-state index < -0.39 is 19.7 Å². The van der Waals surface area contributed by atoms with E-state index in [2.05, 4.69) is 317 Å². The van der Waals surface area contributed by atoms with Gasteiger partial charge in [0.25, 0.3) is 0 Å². The minimum atomic E-state index is -4.15. The highest BCUT2D eigenvalue weighted by Crippen LogP contribution is 2.40. The van der Waals surface area contributed by atoms with Crippen molar-refractivity contribution in [3.8, 4) is 0 Å². The van der Waals surface area contributed by atoms with Crippen LogP contribution in [0.15, 0.2) is 200 Å². The zero-order chi connectivity index (χ0) is 68.9. The van der Waals surface area contributed by atoms with Gasteiger partial charge < -0.3 is 0 Å². The Labute approximate surface area is 553 Å². The first-order chi connectivity index (χ1) is 41.7. The summed E-state index contributed by atoms with van der Waals surface area (Å²) in [5, 5.41) is 0. The van der Waals surface area contributed by atoms with E-state index in [4.69, 9.17) is 0 Å². The lowest BCUT2D eigenvalue weighted by molar-refractivity contribution is -0.211. The second kappa shape index (κ2) is 42.8. The van der Waals surface area contributed by atoms with Crippen molar-refractivity contribution in [3.05, 3.63) is 284 Å². The van der Waals surface area contributed by atoms with E-state index in [9.17, 15) is 13.2 Å². The summed E-state index contributed by atoms with van der Waals surface area (Å²) in [4.78, 5) is 0. The van der Waals surface area contributed by atoms with Crippen LogP contribution >= 0.6 is 0 Å². The van der Waals surface area contributed by atoms with Crippen molar-refractivity contribution < 1.29 is 13.2 Å². The third-order valence-corrected chi connectivity index (χ3v) is 21.1. The molecule has 0 aliphatic heterocycles. The van der Waals surface area contributed by atoms with Crippen molar-refractivity contribution in [1.29, 1.82) is 0 Å². The first-order valence-electron chi connectivity index (χ1n) is 33.2. The molecule has 0 fully saturated rings. The molecule has 0 radical (unpaired) electrons. The van der Waals surface area contributed by atoms with Gasteiger partial charge in [0.1, 0.15) is 0 Å². The summed E-state index contributed by atoms with van der Waals surface area (Å²) in [6.45, 7) is 55.3. The van der Waals surface area contributed by atoms with Gasteiger partial charge in [-0.15, -0.1) is 0 Å². The van der Waals surface area contributed by atoms with Gasteiger partial charge in [-0.05, 0) is 150 Å². The maximum atomic E-state index is 12.6. The van der Waals surface area contributed by atoms with E-state index in [1.165, 1.54) is 111 Å². The number of halogens is 3. The molecule has 494 valence electrons. The molecule has 0 aromatic heterocycles. The molecule has 0 amide bonds. The normalized spacial score (nSPS) is 11.0. The first kappa shape index (κ1) is 83.8. The van der Waals surface area contributed by atoms with Crippen LogP contribution in [0.1, 0.15) is 193 Å². The minimum Gasteiger partial charge on any atom is -0.171 e. The predicted molar refractivity (Wildman–Crippen MR) is 400 cm³/mol. The maximum Gasteiger partial charge on any atom is 0.394 e. The molecule has 0 spiro atoms. The second-order valence-corrected chi connectivity index (χ2v) is 34.5. The molecule has 0 unspecified atom stereocenters. The summed E-state index contributed by atoms with van der Waals surface area (Å²) in [6, 6.07) is 73.7. The molecule has 0 heterocycles. The van der Waals surface area contributed by atoms with Crippen LogP contribution in [0.25, 0.3) is 0 Å². The third kappa shape index (κ3) is 40.5. The van der Waals surface area contributed by atoms with Gasteiger partial charge in [-0.2, -0.15) is 13.2 Å². The van der Waals surface area contributed by atoms with Crippen LogP contribution in [0.5, 0.6) is 0 Å². The van der Waals surface area contributed by atoms with Gasteiger partial charge >= 0.3 is 6.18 Å². The van der Waals surface area contributed by atoms with E-state index in [1.807, 2.05) is 37.3 Å². The van der Waals surface area contributed by atoms with Gasteiger partial charge in [0.05, 0.1) is 5.41 Å². The molecule has 0 nitrogen and oxygen atoms in total. The summed E-state index contributed by atoms with van der Waals surface area (Å²) in [7, 11) is -0.671. The zero-order valence-electron chi connectivity index (χ0n) is 61.6. The molecule has 0 N–H and O–H groups in total. The van der Waals surface area contributed by atoms with E-state index >= 15 is 0 Å². The molecule has 0 atom stereocenters. The predicted octanol–water partition coefficient (Wildman–Crippen LogP) is 27.0. The van der Waals surface area contributed by atoms with Crippen molar-refractivity contribution in [2.75, 3.05) is 0 Å². The van der Waals surface area contributed by atoms with Crippen LogP contribution in [0.4, 0.5) is 13.2 Å². The molecular formula is C86H125F3Si. The van der Waals surface area contributed by atoms with E-state index in [0.29, 0.717) is 11.3 Å². The number of rotatable bonds is 9. The lowest BCUT2D eigenvalue weighted by atomic mass is 9.85. The maximum absolute atomic E-state index is 12.6. The topological polar surface area (TPSA) is 0 Å². The average Bonchev–Trinajstić information content (AvgIpc) is 2.24. The second-order valence-electron chi connectivity index (χ2n) is 28.8. The van der Waals surface area contributed by atoms with Crippen LogP contribution in [-0.2, 0) is 24.7 Å². The van der Waals surface area contributed by atoms with Gasteiger partial charge in [0.15, 0.2) is 0 Å².